The number of amides is 1. The third-order valence-electron chi connectivity index (χ3n) is 5.89. The Hall–Kier alpha value is -2.98. The molecule has 0 bridgehead atoms. The van der Waals surface area contributed by atoms with Crippen LogP contribution in [-0.4, -0.2) is 43.2 Å². The highest BCUT2D eigenvalue weighted by Crippen LogP contribution is 2.32. The number of benzene rings is 2. The van der Waals surface area contributed by atoms with E-state index in [1.807, 2.05) is 24.3 Å². The van der Waals surface area contributed by atoms with Gasteiger partial charge < -0.3 is 10.1 Å². The molecule has 0 radical (unpaired) electrons. The molecule has 0 aromatic heterocycles. The minimum atomic E-state index is -3.80. The highest BCUT2D eigenvalue weighted by atomic mass is 32.2. The van der Waals surface area contributed by atoms with E-state index in [1.54, 1.807) is 0 Å². The molecular formula is C22H25N3O6S. The lowest BCUT2D eigenvalue weighted by Gasteiger charge is -2.26. The minimum absolute atomic E-state index is 0.126. The number of nitrogens with zero attached hydrogens (tertiary/aromatic N) is 2. The Morgan fingerprint density at radius 3 is 2.66 bits per heavy atom. The van der Waals surface area contributed by atoms with Crippen LogP contribution >= 0.6 is 0 Å². The molecule has 4 rings (SSSR count). The number of hydrogen-bond donors (Lipinski definition) is 1. The summed E-state index contributed by atoms with van der Waals surface area (Å²) in [6, 6.07) is 11.3. The van der Waals surface area contributed by atoms with Gasteiger partial charge in [-0.05, 0) is 55.4 Å². The van der Waals surface area contributed by atoms with Crippen LogP contribution in [0.25, 0.3) is 0 Å². The van der Waals surface area contributed by atoms with Crippen molar-refractivity contribution in [2.24, 2.45) is 0 Å². The van der Waals surface area contributed by atoms with E-state index < -0.39 is 33.1 Å². The first-order valence-electron chi connectivity index (χ1n) is 10.6. The van der Waals surface area contributed by atoms with Gasteiger partial charge in [-0.3, -0.25) is 14.9 Å². The molecule has 2 aromatic rings. The summed E-state index contributed by atoms with van der Waals surface area (Å²) in [4.78, 5) is 23.2. The molecule has 1 saturated heterocycles. The largest absolute Gasteiger partial charge is 0.477 e. The topological polar surface area (TPSA) is 119 Å². The van der Waals surface area contributed by atoms with Crippen LogP contribution < -0.4 is 10.1 Å². The van der Waals surface area contributed by atoms with E-state index in [1.165, 1.54) is 22.0 Å². The number of fused-ring (bicyclic) bond motifs is 1. The Balaban J connectivity index is 1.45. The van der Waals surface area contributed by atoms with Gasteiger partial charge in [0, 0.05) is 19.2 Å². The Morgan fingerprint density at radius 1 is 1.16 bits per heavy atom. The molecule has 1 aliphatic carbocycles. The van der Waals surface area contributed by atoms with Gasteiger partial charge >= 0.3 is 5.69 Å². The molecule has 2 aromatic carbocycles. The molecule has 1 heterocycles. The summed E-state index contributed by atoms with van der Waals surface area (Å²) in [6.45, 7) is 0.398. The van der Waals surface area contributed by atoms with Crippen LogP contribution in [0.4, 0.5) is 5.69 Å². The third-order valence-corrected chi connectivity index (χ3v) is 7.79. The molecule has 9 nitrogen and oxygen atoms in total. The summed E-state index contributed by atoms with van der Waals surface area (Å²) in [5.74, 6) is -0.538. The van der Waals surface area contributed by atoms with Gasteiger partial charge in [-0.1, -0.05) is 24.3 Å². The zero-order valence-electron chi connectivity index (χ0n) is 17.5. The van der Waals surface area contributed by atoms with Crippen LogP contribution in [0, 0.1) is 10.1 Å². The van der Waals surface area contributed by atoms with Crippen molar-refractivity contribution in [3.8, 4) is 5.75 Å². The summed E-state index contributed by atoms with van der Waals surface area (Å²) in [5.41, 5.74) is 1.80. The fraction of sp³-hybridized carbons (Fsp3) is 0.409. The molecule has 1 amide bonds. The van der Waals surface area contributed by atoms with E-state index in [9.17, 15) is 23.3 Å². The first kappa shape index (κ1) is 22.2. The summed E-state index contributed by atoms with van der Waals surface area (Å²) < 4.78 is 32.2. The number of sulfonamides is 1. The summed E-state index contributed by atoms with van der Waals surface area (Å²) in [5, 5.41) is 14.5. The monoisotopic (exact) mass is 459 g/mol. The van der Waals surface area contributed by atoms with Crippen LogP contribution in [0.1, 0.15) is 42.9 Å². The second-order valence-corrected chi connectivity index (χ2v) is 9.94. The molecule has 1 atom stereocenters. The van der Waals surface area contributed by atoms with E-state index in [2.05, 4.69) is 5.32 Å². The number of nitro benzene ring substituents is 1. The fourth-order valence-electron chi connectivity index (χ4n) is 4.28. The quantitative estimate of drug-likeness (QED) is 0.502. The second-order valence-electron chi connectivity index (χ2n) is 8.00. The third kappa shape index (κ3) is 4.61. The van der Waals surface area contributed by atoms with Crippen LogP contribution in [0.2, 0.25) is 0 Å². The zero-order chi connectivity index (χ0) is 22.7. The van der Waals surface area contributed by atoms with Gasteiger partial charge in [0.1, 0.15) is 0 Å². The molecule has 0 spiro atoms. The maximum atomic E-state index is 12.7. The molecule has 1 aliphatic heterocycles. The standard InChI is InChI=1S/C22H25N3O6S/c26-22(23-19-9-5-7-16-6-1-2-8-18(16)19)15-31-21-11-10-17(14-20(21)25(27)28)32(29,30)24-12-3-4-13-24/h1-2,6,8,10-11,14,19H,3-5,7,9,12-13,15H2,(H,23,26)/t19-/m1/s1. The highest BCUT2D eigenvalue weighted by Gasteiger charge is 2.30. The van der Waals surface area contributed by atoms with Crippen molar-refractivity contribution in [1.29, 1.82) is 0 Å². The SMILES string of the molecule is O=C(COc1ccc(S(=O)(=O)N2CCCC2)cc1[N+](=O)[O-])N[C@@H]1CCCc2ccccc21. The molecular weight excluding hydrogens is 434 g/mol. The molecule has 1 N–H and O–H groups in total. The lowest BCUT2D eigenvalue weighted by Crippen LogP contribution is -2.34. The maximum Gasteiger partial charge on any atom is 0.312 e. The molecule has 0 saturated carbocycles. The van der Waals surface area contributed by atoms with Crippen LogP contribution in [0.5, 0.6) is 5.75 Å². The van der Waals surface area contributed by atoms with Crippen LogP contribution in [-0.2, 0) is 21.2 Å². The van der Waals surface area contributed by atoms with Crippen molar-refractivity contribution < 1.29 is 22.9 Å². The lowest BCUT2D eigenvalue weighted by molar-refractivity contribution is -0.386. The normalized spacial score (nSPS) is 18.7. The predicted octanol–water partition coefficient (Wildman–Crippen LogP) is 2.95. The van der Waals surface area contributed by atoms with Gasteiger partial charge in [-0.15, -0.1) is 0 Å². The summed E-state index contributed by atoms with van der Waals surface area (Å²) in [7, 11) is -3.80. The first-order valence-corrected chi connectivity index (χ1v) is 12.1. The fourth-order valence-corrected chi connectivity index (χ4v) is 5.82. The van der Waals surface area contributed by atoms with Gasteiger partial charge in [-0.2, -0.15) is 4.31 Å². The first-order chi connectivity index (χ1) is 15.4. The number of ether oxygens (including phenoxy) is 1. The van der Waals surface area contributed by atoms with Crippen molar-refractivity contribution in [2.75, 3.05) is 19.7 Å². The van der Waals surface area contributed by atoms with Gasteiger partial charge in [0.05, 0.1) is 15.9 Å². The molecule has 1 fully saturated rings. The van der Waals surface area contributed by atoms with Crippen molar-refractivity contribution in [3.63, 3.8) is 0 Å². The smallest absolute Gasteiger partial charge is 0.312 e. The van der Waals surface area contributed by atoms with E-state index in [0.29, 0.717) is 13.1 Å². The summed E-state index contributed by atoms with van der Waals surface area (Å²) in [6.07, 6.45) is 4.28. The van der Waals surface area contributed by atoms with Crippen molar-refractivity contribution in [3.05, 3.63) is 63.7 Å². The van der Waals surface area contributed by atoms with Gasteiger partial charge in [0.2, 0.25) is 10.0 Å². The Labute approximate surface area is 186 Å². The van der Waals surface area contributed by atoms with E-state index >= 15 is 0 Å². The number of hydrogen-bond acceptors (Lipinski definition) is 6. The lowest BCUT2D eigenvalue weighted by atomic mass is 9.88. The second kappa shape index (κ2) is 9.25. The highest BCUT2D eigenvalue weighted by molar-refractivity contribution is 7.89. The average molecular weight is 460 g/mol. The molecule has 32 heavy (non-hydrogen) atoms. The Kier molecular flexibility index (Phi) is 6.43. The molecule has 0 unspecified atom stereocenters. The number of carbonyl (C=O) groups is 1. The Morgan fingerprint density at radius 2 is 1.91 bits per heavy atom. The minimum Gasteiger partial charge on any atom is -0.477 e. The molecule has 10 heteroatoms. The Bertz CT molecular complexity index is 1130. The van der Waals surface area contributed by atoms with E-state index in [0.717, 1.165) is 43.7 Å². The van der Waals surface area contributed by atoms with E-state index in [4.69, 9.17) is 4.74 Å². The van der Waals surface area contributed by atoms with Gasteiger partial charge in [0.25, 0.3) is 5.91 Å². The van der Waals surface area contributed by atoms with Crippen molar-refractivity contribution >= 4 is 21.6 Å². The maximum absolute atomic E-state index is 12.7. The average Bonchev–Trinajstić information content (AvgIpc) is 3.34. The molecule has 2 aliphatic rings. The number of rotatable bonds is 7. The van der Waals surface area contributed by atoms with Crippen molar-refractivity contribution in [1.82, 2.24) is 9.62 Å². The molecule has 170 valence electrons. The van der Waals surface area contributed by atoms with E-state index in [-0.39, 0.29) is 16.7 Å². The number of nitrogens with one attached hydrogen (secondary N) is 1. The number of aryl methyl sites for hydroxylation is 1. The van der Waals surface area contributed by atoms with Gasteiger partial charge in [0.15, 0.2) is 12.4 Å². The summed E-state index contributed by atoms with van der Waals surface area (Å²) >= 11 is 0. The van der Waals surface area contributed by atoms with Gasteiger partial charge in [-0.25, -0.2) is 8.42 Å². The number of nitro groups is 1. The van der Waals surface area contributed by atoms with Crippen LogP contribution in [0.3, 0.4) is 0 Å². The number of carbonyl (C=O) groups excluding carboxylic acids is 1. The zero-order valence-corrected chi connectivity index (χ0v) is 18.3. The van der Waals surface area contributed by atoms with Crippen LogP contribution in [0.15, 0.2) is 47.4 Å². The van der Waals surface area contributed by atoms with Crippen molar-refractivity contribution in [2.45, 2.75) is 43.0 Å². The predicted molar refractivity (Wildman–Crippen MR) is 117 cm³/mol.